The van der Waals surface area contributed by atoms with Crippen molar-refractivity contribution >= 4 is 11.8 Å². The van der Waals surface area contributed by atoms with Crippen LogP contribution in [0.2, 0.25) is 0 Å². The van der Waals surface area contributed by atoms with Crippen molar-refractivity contribution in [3.05, 3.63) is 59.4 Å². The van der Waals surface area contributed by atoms with Crippen LogP contribution < -0.4 is 14.8 Å². The lowest BCUT2D eigenvalue weighted by Crippen LogP contribution is -2.44. The van der Waals surface area contributed by atoms with Crippen molar-refractivity contribution in [2.45, 2.75) is 31.7 Å². The second-order valence-electron chi connectivity index (χ2n) is 8.54. The number of carbonyl (C=O) groups excluding carboxylic acids is 2. The Hall–Kier alpha value is -3.09. The van der Waals surface area contributed by atoms with Gasteiger partial charge in [0.05, 0.1) is 20.3 Å². The third-order valence-electron chi connectivity index (χ3n) is 6.37. The van der Waals surface area contributed by atoms with Crippen molar-refractivity contribution < 1.29 is 23.5 Å². The molecule has 1 saturated carbocycles. The third-order valence-corrected chi connectivity index (χ3v) is 6.37. The van der Waals surface area contributed by atoms with E-state index in [2.05, 4.69) is 5.32 Å². The number of piperidine rings is 1. The summed E-state index contributed by atoms with van der Waals surface area (Å²) in [6, 6.07) is 11.4. The number of nitrogens with one attached hydrogen (secondary N) is 1. The van der Waals surface area contributed by atoms with Crippen LogP contribution in [0.25, 0.3) is 0 Å². The predicted octanol–water partition coefficient (Wildman–Crippen LogP) is 3.96. The molecule has 4 rings (SSSR count). The number of benzene rings is 2. The van der Waals surface area contributed by atoms with Crippen LogP contribution in [0.15, 0.2) is 42.5 Å². The summed E-state index contributed by atoms with van der Waals surface area (Å²) < 4.78 is 23.8. The molecule has 170 valence electrons. The van der Waals surface area contributed by atoms with Gasteiger partial charge in [0.2, 0.25) is 5.91 Å². The first-order valence-electron chi connectivity index (χ1n) is 11.1. The average molecular weight is 441 g/mol. The van der Waals surface area contributed by atoms with Gasteiger partial charge in [0.25, 0.3) is 5.91 Å². The van der Waals surface area contributed by atoms with E-state index in [1.165, 1.54) is 12.1 Å². The molecule has 0 spiro atoms. The number of hydrogen-bond donors (Lipinski definition) is 1. The van der Waals surface area contributed by atoms with Gasteiger partial charge in [-0.25, -0.2) is 4.39 Å². The molecule has 0 bridgehead atoms. The Morgan fingerprint density at radius 1 is 0.969 bits per heavy atom. The summed E-state index contributed by atoms with van der Waals surface area (Å²) in [4.78, 5) is 27.7. The molecule has 2 aromatic carbocycles. The zero-order valence-electron chi connectivity index (χ0n) is 18.5. The maximum atomic E-state index is 13.3. The van der Waals surface area contributed by atoms with E-state index in [1.54, 1.807) is 49.5 Å². The second kappa shape index (κ2) is 9.59. The molecule has 1 unspecified atom stereocenters. The highest BCUT2D eigenvalue weighted by molar-refractivity contribution is 5.95. The molecule has 32 heavy (non-hydrogen) atoms. The molecule has 1 aliphatic heterocycles. The molecule has 0 aromatic heterocycles. The van der Waals surface area contributed by atoms with Gasteiger partial charge in [0.1, 0.15) is 17.3 Å². The number of halogens is 1. The zero-order chi connectivity index (χ0) is 22.7. The predicted molar refractivity (Wildman–Crippen MR) is 118 cm³/mol. The average Bonchev–Trinajstić information content (AvgIpc) is 3.67. The largest absolute Gasteiger partial charge is 0.497 e. The van der Waals surface area contributed by atoms with E-state index in [0.717, 1.165) is 18.4 Å². The van der Waals surface area contributed by atoms with Crippen LogP contribution in [0.1, 0.15) is 47.6 Å². The lowest BCUT2D eigenvalue weighted by molar-refractivity contribution is -0.127. The Balaban J connectivity index is 1.36. The Bertz CT molecular complexity index is 944. The van der Waals surface area contributed by atoms with Gasteiger partial charge < -0.3 is 19.7 Å². The molecule has 1 atom stereocenters. The van der Waals surface area contributed by atoms with E-state index in [9.17, 15) is 14.0 Å². The molecular weight excluding hydrogens is 411 g/mol. The number of ether oxygens (including phenoxy) is 2. The molecule has 2 amide bonds. The van der Waals surface area contributed by atoms with Gasteiger partial charge in [0, 0.05) is 30.6 Å². The number of likely N-dealkylation sites (tertiary alicyclic amines) is 1. The quantitative estimate of drug-likeness (QED) is 0.708. The van der Waals surface area contributed by atoms with Crippen LogP contribution >= 0.6 is 0 Å². The summed E-state index contributed by atoms with van der Waals surface area (Å²) in [7, 11) is 3.10. The normalized spacial score (nSPS) is 17.5. The Morgan fingerprint density at radius 3 is 2.09 bits per heavy atom. The van der Waals surface area contributed by atoms with Crippen LogP contribution in [0.3, 0.4) is 0 Å². The fourth-order valence-corrected chi connectivity index (χ4v) is 4.30. The first kappa shape index (κ1) is 22.1. The molecule has 1 saturated heterocycles. The monoisotopic (exact) mass is 440 g/mol. The maximum Gasteiger partial charge on any atom is 0.254 e. The summed E-state index contributed by atoms with van der Waals surface area (Å²) in [6.07, 6.45) is 3.36. The third kappa shape index (κ3) is 5.03. The summed E-state index contributed by atoms with van der Waals surface area (Å²) >= 11 is 0. The van der Waals surface area contributed by atoms with Crippen LogP contribution in [0, 0.1) is 17.7 Å². The van der Waals surface area contributed by atoms with Crippen molar-refractivity contribution in [2.24, 2.45) is 11.8 Å². The van der Waals surface area contributed by atoms with E-state index in [-0.39, 0.29) is 29.6 Å². The molecule has 7 heteroatoms. The van der Waals surface area contributed by atoms with E-state index in [4.69, 9.17) is 9.47 Å². The van der Waals surface area contributed by atoms with Gasteiger partial charge in [-0.15, -0.1) is 0 Å². The molecule has 2 aliphatic rings. The second-order valence-corrected chi connectivity index (χ2v) is 8.54. The number of carbonyl (C=O) groups is 2. The smallest absolute Gasteiger partial charge is 0.254 e. The highest BCUT2D eigenvalue weighted by atomic mass is 19.1. The highest BCUT2D eigenvalue weighted by Crippen LogP contribution is 2.41. The van der Waals surface area contributed by atoms with Crippen molar-refractivity contribution in [3.8, 4) is 11.5 Å². The van der Waals surface area contributed by atoms with E-state index in [1.807, 2.05) is 0 Å². The van der Waals surface area contributed by atoms with Crippen molar-refractivity contribution in [1.29, 1.82) is 0 Å². The zero-order valence-corrected chi connectivity index (χ0v) is 18.5. The lowest BCUT2D eigenvalue weighted by atomic mass is 9.93. The maximum absolute atomic E-state index is 13.3. The van der Waals surface area contributed by atoms with Crippen molar-refractivity contribution in [2.75, 3.05) is 27.3 Å². The minimum atomic E-state index is -0.277. The van der Waals surface area contributed by atoms with Gasteiger partial charge in [-0.1, -0.05) is 12.1 Å². The van der Waals surface area contributed by atoms with E-state index in [0.29, 0.717) is 48.9 Å². The summed E-state index contributed by atoms with van der Waals surface area (Å²) in [6.45, 7) is 1.03. The Morgan fingerprint density at radius 2 is 1.56 bits per heavy atom. The fraction of sp³-hybridized carbons (Fsp3) is 0.440. The molecule has 0 radical (unpaired) electrons. The number of rotatable bonds is 7. The molecule has 1 aliphatic carbocycles. The SMILES string of the molecule is COc1cc(OC)cc(C(=O)N2CCC(C(=O)NC(c3ccc(F)cc3)C3CC3)CC2)c1. The topological polar surface area (TPSA) is 67.9 Å². The fourth-order valence-electron chi connectivity index (χ4n) is 4.30. The standard InChI is InChI=1S/C25H29FN2O4/c1-31-21-13-19(14-22(15-21)32-2)25(30)28-11-9-18(10-12-28)24(29)27-23(16-3-4-16)17-5-7-20(26)8-6-17/h5-8,13-16,18,23H,3-4,9-12H2,1-2H3,(H,27,29). The number of hydrogen-bond acceptors (Lipinski definition) is 4. The number of amides is 2. The first-order chi connectivity index (χ1) is 15.5. The van der Waals surface area contributed by atoms with Crippen molar-refractivity contribution in [3.63, 3.8) is 0 Å². The van der Waals surface area contributed by atoms with Gasteiger partial charge in [-0.05, 0) is 61.4 Å². The van der Waals surface area contributed by atoms with E-state index < -0.39 is 0 Å². The molecular formula is C25H29FN2O4. The summed E-state index contributed by atoms with van der Waals surface area (Å²) in [5, 5.41) is 3.19. The molecule has 2 aromatic rings. The van der Waals surface area contributed by atoms with Crippen LogP contribution in [0.5, 0.6) is 11.5 Å². The van der Waals surface area contributed by atoms with Gasteiger partial charge in [-0.2, -0.15) is 0 Å². The summed E-state index contributed by atoms with van der Waals surface area (Å²) in [5.74, 6) is 1.04. The van der Waals surface area contributed by atoms with Crippen LogP contribution in [0.4, 0.5) is 4.39 Å². The van der Waals surface area contributed by atoms with Crippen molar-refractivity contribution in [1.82, 2.24) is 10.2 Å². The molecule has 2 fully saturated rings. The van der Waals surface area contributed by atoms with Gasteiger partial charge in [-0.3, -0.25) is 9.59 Å². The summed E-state index contributed by atoms with van der Waals surface area (Å²) in [5.41, 5.74) is 1.45. The van der Waals surface area contributed by atoms with Crippen LogP contribution in [-0.4, -0.2) is 44.0 Å². The molecule has 1 N–H and O–H groups in total. The molecule has 1 heterocycles. The van der Waals surface area contributed by atoms with Gasteiger partial charge >= 0.3 is 0 Å². The minimum absolute atomic E-state index is 0.0152. The number of methoxy groups -OCH3 is 2. The lowest BCUT2D eigenvalue weighted by Gasteiger charge is -2.32. The highest BCUT2D eigenvalue weighted by Gasteiger charge is 2.36. The first-order valence-corrected chi connectivity index (χ1v) is 11.1. The Kier molecular flexibility index (Phi) is 6.63. The molecule has 6 nitrogen and oxygen atoms in total. The minimum Gasteiger partial charge on any atom is -0.497 e. The number of nitrogens with zero attached hydrogens (tertiary/aromatic N) is 1. The van der Waals surface area contributed by atoms with E-state index >= 15 is 0 Å². The van der Waals surface area contributed by atoms with Gasteiger partial charge in [0.15, 0.2) is 0 Å². The van der Waals surface area contributed by atoms with Crippen LogP contribution in [-0.2, 0) is 4.79 Å². The Labute approximate surface area is 187 Å².